The molecule has 0 saturated carbocycles. The number of hydrogen-bond donors (Lipinski definition) is 2. The van der Waals surface area contributed by atoms with E-state index in [2.05, 4.69) is 19.9 Å². The van der Waals surface area contributed by atoms with Crippen LogP contribution in [-0.2, 0) is 22.2 Å². The second-order valence-electron chi connectivity index (χ2n) is 9.10. The van der Waals surface area contributed by atoms with Crippen LogP contribution in [-0.4, -0.2) is 38.1 Å². The molecule has 196 valence electrons. The average molecular weight is 539 g/mol. The van der Waals surface area contributed by atoms with Crippen molar-refractivity contribution < 1.29 is 22.3 Å². The van der Waals surface area contributed by atoms with Crippen LogP contribution in [0.1, 0.15) is 24.1 Å². The van der Waals surface area contributed by atoms with Crippen LogP contribution in [0, 0.1) is 18.6 Å². The van der Waals surface area contributed by atoms with Crippen molar-refractivity contribution in [2.45, 2.75) is 36.9 Å². The zero-order valence-corrected chi connectivity index (χ0v) is 21.3. The number of aliphatic hydroxyl groups is 1. The molecule has 0 aliphatic rings. The summed E-state index contributed by atoms with van der Waals surface area (Å²) >= 11 is 0. The minimum Gasteiger partial charge on any atom is -0.381 e. The van der Waals surface area contributed by atoms with Gasteiger partial charge in [0.15, 0.2) is 0 Å². The van der Waals surface area contributed by atoms with E-state index in [0.29, 0.717) is 22.7 Å². The van der Waals surface area contributed by atoms with Crippen molar-refractivity contribution in [2.24, 2.45) is 0 Å². The van der Waals surface area contributed by atoms with E-state index in [9.17, 15) is 22.3 Å². The third-order valence-electron chi connectivity index (χ3n) is 6.50. The first-order chi connectivity index (χ1) is 18.1. The molecule has 0 bridgehead atoms. The lowest BCUT2D eigenvalue weighted by Gasteiger charge is -2.35. The fourth-order valence-electron chi connectivity index (χ4n) is 4.40. The summed E-state index contributed by atoms with van der Waals surface area (Å²) < 4.78 is 59.6. The maximum Gasteiger partial charge on any atom is 0.261 e. The van der Waals surface area contributed by atoms with Crippen LogP contribution in [0.25, 0.3) is 10.9 Å². The van der Waals surface area contributed by atoms with Gasteiger partial charge in [-0.15, -0.1) is 0 Å². The first kappa shape index (κ1) is 25.5. The molecule has 0 fully saturated rings. The highest BCUT2D eigenvalue weighted by atomic mass is 32.2. The molecule has 2 heterocycles. The molecule has 0 radical (unpaired) electrons. The van der Waals surface area contributed by atoms with Crippen molar-refractivity contribution in [3.05, 3.63) is 102 Å². The van der Waals surface area contributed by atoms with Crippen LogP contribution in [0.5, 0.6) is 0 Å². The van der Waals surface area contributed by atoms with Crippen LogP contribution in [0.15, 0.2) is 84.4 Å². The Kier molecular flexibility index (Phi) is 6.45. The highest BCUT2D eigenvalue weighted by Crippen LogP contribution is 2.38. The summed E-state index contributed by atoms with van der Waals surface area (Å²) in [6.07, 6.45) is 4.19. The highest BCUT2D eigenvalue weighted by molar-refractivity contribution is 7.92. The fourth-order valence-corrected chi connectivity index (χ4v) is 5.45. The van der Waals surface area contributed by atoms with Gasteiger partial charge in [0, 0.05) is 22.7 Å². The molecule has 0 spiro atoms. The quantitative estimate of drug-likeness (QED) is 0.307. The number of hydrogen-bond acceptors (Lipinski definition) is 6. The van der Waals surface area contributed by atoms with E-state index in [1.807, 2.05) is 6.92 Å². The summed E-state index contributed by atoms with van der Waals surface area (Å²) in [6, 6.07) is 13.5. The number of rotatable bonds is 8. The molecule has 38 heavy (non-hydrogen) atoms. The molecule has 2 aromatic heterocycles. The van der Waals surface area contributed by atoms with Crippen molar-refractivity contribution in [3.63, 3.8) is 0 Å². The molecule has 0 amide bonds. The second-order valence-corrected chi connectivity index (χ2v) is 10.8. The highest BCUT2D eigenvalue weighted by Gasteiger charge is 2.41. The molecule has 0 aliphatic heterocycles. The number of nitrogens with zero attached hydrogens (tertiary/aromatic N) is 5. The Morgan fingerprint density at radius 1 is 1.05 bits per heavy atom. The van der Waals surface area contributed by atoms with E-state index in [4.69, 9.17) is 0 Å². The molecule has 2 atom stereocenters. The van der Waals surface area contributed by atoms with E-state index >= 15 is 0 Å². The molecule has 5 rings (SSSR count). The lowest BCUT2D eigenvalue weighted by molar-refractivity contribution is -0.0354. The summed E-state index contributed by atoms with van der Waals surface area (Å²) in [5, 5.41) is 20.9. The van der Waals surface area contributed by atoms with E-state index in [-0.39, 0.29) is 17.0 Å². The molecule has 0 saturated heterocycles. The molecule has 2 unspecified atom stereocenters. The number of benzene rings is 3. The molecule has 12 heteroatoms. The first-order valence-corrected chi connectivity index (χ1v) is 13.1. The average Bonchev–Trinajstić information content (AvgIpc) is 3.53. The summed E-state index contributed by atoms with van der Waals surface area (Å²) in [5.74, 6) is -1.68. The van der Waals surface area contributed by atoms with Gasteiger partial charge in [-0.3, -0.25) is 9.40 Å². The number of sulfonamides is 1. The smallest absolute Gasteiger partial charge is 0.261 e. The van der Waals surface area contributed by atoms with Crippen molar-refractivity contribution in [2.75, 3.05) is 4.72 Å². The van der Waals surface area contributed by atoms with Gasteiger partial charge in [0.05, 0.1) is 29.2 Å². The molecule has 5 aromatic rings. The Bertz CT molecular complexity index is 1710. The minimum atomic E-state index is -3.81. The molecular weight excluding hydrogens is 514 g/mol. The Balaban J connectivity index is 1.51. The maximum absolute atomic E-state index is 14.9. The number of aryl methyl sites for hydroxylation is 1. The lowest BCUT2D eigenvalue weighted by Crippen LogP contribution is -2.41. The number of nitrogens with one attached hydrogen (secondary N) is 1. The standard InChI is InChI=1S/C26H24F2N6O3S/c1-17-3-7-22(8-4-17)38(36,37)32-21-6-10-25-19(11-21)13-30-34(25)18(2)26(35,14-33-16-29-15-31-33)23-9-5-20(27)12-24(23)28/h3-13,15-16,18,32,35H,14H2,1-2H3. The van der Waals surface area contributed by atoms with Gasteiger partial charge < -0.3 is 5.11 Å². The van der Waals surface area contributed by atoms with Gasteiger partial charge in [-0.05, 0) is 50.2 Å². The van der Waals surface area contributed by atoms with Gasteiger partial charge in [0.1, 0.15) is 29.9 Å². The molecule has 3 aromatic carbocycles. The third-order valence-corrected chi connectivity index (χ3v) is 7.90. The molecule has 9 nitrogen and oxygen atoms in total. The number of anilines is 1. The van der Waals surface area contributed by atoms with Gasteiger partial charge in [-0.25, -0.2) is 26.9 Å². The van der Waals surface area contributed by atoms with Crippen LogP contribution in [0.2, 0.25) is 0 Å². The summed E-state index contributed by atoms with van der Waals surface area (Å²) in [4.78, 5) is 4.01. The largest absolute Gasteiger partial charge is 0.381 e. The minimum absolute atomic E-state index is 0.131. The van der Waals surface area contributed by atoms with Crippen molar-refractivity contribution in [1.29, 1.82) is 0 Å². The Labute approximate surface area is 217 Å². The van der Waals surface area contributed by atoms with Gasteiger partial charge in [0.2, 0.25) is 0 Å². The lowest BCUT2D eigenvalue weighted by atomic mass is 9.86. The van der Waals surface area contributed by atoms with Crippen molar-refractivity contribution in [3.8, 4) is 0 Å². The third kappa shape index (κ3) is 4.75. The zero-order valence-electron chi connectivity index (χ0n) is 20.5. The zero-order chi connectivity index (χ0) is 27.1. The van der Waals surface area contributed by atoms with E-state index in [1.165, 1.54) is 46.4 Å². The monoisotopic (exact) mass is 538 g/mol. The predicted octanol–water partition coefficient (Wildman–Crippen LogP) is 4.16. The van der Waals surface area contributed by atoms with Crippen LogP contribution in [0.3, 0.4) is 0 Å². The molecular formula is C26H24F2N6O3S. The van der Waals surface area contributed by atoms with Crippen molar-refractivity contribution in [1.82, 2.24) is 24.5 Å². The Hall–Kier alpha value is -4.16. The predicted molar refractivity (Wildman–Crippen MR) is 137 cm³/mol. The van der Waals surface area contributed by atoms with Gasteiger partial charge in [-0.2, -0.15) is 10.2 Å². The van der Waals surface area contributed by atoms with E-state index in [1.54, 1.807) is 37.3 Å². The Morgan fingerprint density at radius 3 is 2.50 bits per heavy atom. The summed E-state index contributed by atoms with van der Waals surface area (Å²) in [6.45, 7) is 3.33. The molecule has 2 N–H and O–H groups in total. The van der Waals surface area contributed by atoms with Crippen LogP contribution < -0.4 is 4.72 Å². The Morgan fingerprint density at radius 2 is 1.82 bits per heavy atom. The fraction of sp³-hybridized carbons (Fsp3) is 0.192. The van der Waals surface area contributed by atoms with Gasteiger partial charge in [-0.1, -0.05) is 23.8 Å². The number of halogens is 2. The maximum atomic E-state index is 14.9. The van der Waals surface area contributed by atoms with E-state index < -0.39 is 33.3 Å². The summed E-state index contributed by atoms with van der Waals surface area (Å²) in [5.41, 5.74) is -0.205. The topological polar surface area (TPSA) is 115 Å². The van der Waals surface area contributed by atoms with Crippen molar-refractivity contribution >= 4 is 26.6 Å². The number of fused-ring (bicyclic) bond motifs is 1. The van der Waals surface area contributed by atoms with Crippen LogP contribution >= 0.6 is 0 Å². The second kappa shape index (κ2) is 9.62. The molecule has 0 aliphatic carbocycles. The first-order valence-electron chi connectivity index (χ1n) is 11.6. The van der Waals surface area contributed by atoms with Crippen LogP contribution in [0.4, 0.5) is 14.5 Å². The summed E-state index contributed by atoms with van der Waals surface area (Å²) in [7, 11) is -3.81. The van der Waals surface area contributed by atoms with Gasteiger partial charge in [0.25, 0.3) is 10.0 Å². The number of aromatic nitrogens is 5. The SMILES string of the molecule is Cc1ccc(S(=O)(=O)Nc2ccc3c(cnn3C(C)C(O)(Cn3cncn3)c3ccc(F)cc3F)c2)cc1. The van der Waals surface area contributed by atoms with Gasteiger partial charge >= 0.3 is 0 Å². The normalized spacial score (nSPS) is 14.3. The van der Waals surface area contributed by atoms with E-state index in [0.717, 1.165) is 11.6 Å².